The summed E-state index contributed by atoms with van der Waals surface area (Å²) in [5, 5.41) is 16.0. The molecule has 0 spiro atoms. The van der Waals surface area contributed by atoms with Gasteiger partial charge in [-0.2, -0.15) is 9.61 Å². The predicted octanol–water partition coefficient (Wildman–Crippen LogP) is 1.24. The number of urea groups is 1. The number of piperazine rings is 1. The van der Waals surface area contributed by atoms with E-state index >= 15 is 0 Å². The first-order valence-electron chi connectivity index (χ1n) is 8.75. The van der Waals surface area contributed by atoms with Crippen LogP contribution in [-0.4, -0.2) is 63.5 Å². The molecule has 2 aromatic rings. The summed E-state index contributed by atoms with van der Waals surface area (Å²) in [6, 6.07) is 2.08. The summed E-state index contributed by atoms with van der Waals surface area (Å²) in [5.74, 6) is 1.51. The molecule has 2 aliphatic rings. The van der Waals surface area contributed by atoms with Crippen LogP contribution >= 0.6 is 0 Å². The first kappa shape index (κ1) is 15.2. The number of rotatable bonds is 4. The Labute approximate surface area is 140 Å². The molecule has 0 bridgehead atoms. The third-order valence-corrected chi connectivity index (χ3v) is 4.67. The zero-order valence-electron chi connectivity index (χ0n) is 14.0. The van der Waals surface area contributed by atoms with Crippen molar-refractivity contribution < 1.29 is 4.79 Å². The average molecular weight is 329 g/mol. The van der Waals surface area contributed by atoms with Gasteiger partial charge in [0.15, 0.2) is 11.5 Å². The molecule has 0 atom stereocenters. The molecule has 1 aliphatic heterocycles. The second-order valence-electron chi connectivity index (χ2n) is 6.52. The fraction of sp³-hybridized carbons (Fsp3) is 0.625. The number of nitrogens with zero attached hydrogens (tertiary/aromatic N) is 6. The van der Waals surface area contributed by atoms with Crippen LogP contribution in [0.3, 0.4) is 0 Å². The zero-order chi connectivity index (χ0) is 16.5. The lowest BCUT2D eigenvalue weighted by Gasteiger charge is -2.35. The zero-order valence-corrected chi connectivity index (χ0v) is 14.0. The molecular formula is C16H23N7O. The highest BCUT2D eigenvalue weighted by atomic mass is 16.2. The normalized spacial score (nSPS) is 18.2. The van der Waals surface area contributed by atoms with E-state index in [0.29, 0.717) is 5.92 Å². The molecule has 3 heterocycles. The summed E-state index contributed by atoms with van der Waals surface area (Å²) in [6.45, 7) is 5.85. The average Bonchev–Trinajstić information content (AvgIpc) is 3.38. The van der Waals surface area contributed by atoms with Crippen LogP contribution < -0.4 is 10.2 Å². The van der Waals surface area contributed by atoms with Crippen molar-refractivity contribution in [1.29, 1.82) is 0 Å². The van der Waals surface area contributed by atoms with Crippen molar-refractivity contribution in [3.63, 3.8) is 0 Å². The molecule has 2 amide bonds. The lowest BCUT2D eigenvalue weighted by atomic mass is 10.3. The minimum Gasteiger partial charge on any atom is -0.367 e. The number of aromatic nitrogens is 4. The number of nitrogens with one attached hydrogen (secondary N) is 1. The van der Waals surface area contributed by atoms with E-state index in [4.69, 9.17) is 0 Å². The highest BCUT2D eigenvalue weighted by molar-refractivity contribution is 5.74. The maximum absolute atomic E-state index is 12.0. The second-order valence-corrected chi connectivity index (χ2v) is 6.52. The van der Waals surface area contributed by atoms with Crippen molar-refractivity contribution in [1.82, 2.24) is 30.0 Å². The molecule has 0 aromatic carbocycles. The third kappa shape index (κ3) is 2.88. The predicted molar refractivity (Wildman–Crippen MR) is 90.2 cm³/mol. The van der Waals surface area contributed by atoms with Gasteiger partial charge in [-0.15, -0.1) is 10.2 Å². The highest BCUT2D eigenvalue weighted by Crippen LogP contribution is 2.38. The van der Waals surface area contributed by atoms with Gasteiger partial charge in [0.1, 0.15) is 0 Å². The lowest BCUT2D eigenvalue weighted by Crippen LogP contribution is -2.52. The maximum Gasteiger partial charge on any atom is 0.317 e. The Morgan fingerprint density at radius 2 is 2.04 bits per heavy atom. The molecular weight excluding hydrogens is 306 g/mol. The van der Waals surface area contributed by atoms with Crippen molar-refractivity contribution in [2.24, 2.45) is 0 Å². The van der Waals surface area contributed by atoms with Gasteiger partial charge in [0.05, 0.1) is 11.9 Å². The van der Waals surface area contributed by atoms with E-state index in [1.54, 1.807) is 0 Å². The fourth-order valence-corrected chi connectivity index (χ4v) is 3.08. The molecule has 1 aliphatic carbocycles. The Morgan fingerprint density at radius 3 is 2.75 bits per heavy atom. The van der Waals surface area contributed by atoms with Crippen LogP contribution in [0.4, 0.5) is 10.5 Å². The van der Waals surface area contributed by atoms with Crippen molar-refractivity contribution in [2.45, 2.75) is 32.1 Å². The quantitative estimate of drug-likeness (QED) is 0.913. The van der Waals surface area contributed by atoms with Gasteiger partial charge in [0, 0.05) is 44.7 Å². The first-order valence-corrected chi connectivity index (χ1v) is 8.75. The molecule has 1 N–H and O–H groups in total. The Balaban J connectivity index is 1.42. The van der Waals surface area contributed by atoms with Crippen LogP contribution in [0.1, 0.15) is 37.9 Å². The SMILES string of the molecule is CCCNC(=O)N1CCN(c2cnn3c(C4CC4)nnc3c2)CC1. The minimum absolute atomic E-state index is 0.0385. The molecule has 24 heavy (non-hydrogen) atoms. The molecule has 8 heteroatoms. The molecule has 1 saturated heterocycles. The topological polar surface area (TPSA) is 78.7 Å². The smallest absolute Gasteiger partial charge is 0.317 e. The molecule has 2 aromatic heterocycles. The number of hydrogen-bond acceptors (Lipinski definition) is 5. The van der Waals surface area contributed by atoms with Gasteiger partial charge in [-0.25, -0.2) is 4.79 Å². The molecule has 4 rings (SSSR count). The highest BCUT2D eigenvalue weighted by Gasteiger charge is 2.29. The summed E-state index contributed by atoms with van der Waals surface area (Å²) in [5.41, 5.74) is 1.85. The van der Waals surface area contributed by atoms with E-state index in [-0.39, 0.29) is 6.03 Å². The van der Waals surface area contributed by atoms with E-state index in [2.05, 4.69) is 32.4 Å². The fourth-order valence-electron chi connectivity index (χ4n) is 3.08. The standard InChI is InChI=1S/C16H23N7O/c1-2-5-17-16(24)22-8-6-21(7-9-22)13-10-14-19-20-15(12-3-4-12)23(14)18-11-13/h10-12H,2-9H2,1H3,(H,17,24). The Bertz CT molecular complexity index is 731. The Kier molecular flexibility index (Phi) is 3.95. The summed E-state index contributed by atoms with van der Waals surface area (Å²) in [7, 11) is 0. The monoisotopic (exact) mass is 329 g/mol. The van der Waals surface area contributed by atoms with Gasteiger partial charge in [-0.1, -0.05) is 6.92 Å². The Hall–Kier alpha value is -2.38. The van der Waals surface area contributed by atoms with E-state index in [9.17, 15) is 4.79 Å². The summed E-state index contributed by atoms with van der Waals surface area (Å²) in [4.78, 5) is 16.1. The largest absolute Gasteiger partial charge is 0.367 e. The van der Waals surface area contributed by atoms with Gasteiger partial charge < -0.3 is 15.1 Å². The van der Waals surface area contributed by atoms with Crippen LogP contribution in [0.2, 0.25) is 0 Å². The molecule has 8 nitrogen and oxygen atoms in total. The van der Waals surface area contributed by atoms with E-state index < -0.39 is 0 Å². The van der Waals surface area contributed by atoms with Crippen molar-refractivity contribution in [2.75, 3.05) is 37.6 Å². The van der Waals surface area contributed by atoms with E-state index in [1.165, 1.54) is 12.8 Å². The number of fused-ring (bicyclic) bond motifs is 1. The van der Waals surface area contributed by atoms with Gasteiger partial charge >= 0.3 is 6.03 Å². The molecule has 2 fully saturated rings. The van der Waals surface area contributed by atoms with Gasteiger partial charge in [0.25, 0.3) is 0 Å². The van der Waals surface area contributed by atoms with Gasteiger partial charge in [-0.05, 0) is 19.3 Å². The number of amides is 2. The molecule has 128 valence electrons. The minimum atomic E-state index is 0.0385. The number of hydrogen-bond donors (Lipinski definition) is 1. The van der Waals surface area contributed by atoms with Crippen molar-refractivity contribution in [3.05, 3.63) is 18.1 Å². The molecule has 0 radical (unpaired) electrons. The lowest BCUT2D eigenvalue weighted by molar-refractivity contribution is 0.194. The molecule has 0 unspecified atom stereocenters. The van der Waals surface area contributed by atoms with Crippen LogP contribution in [0.15, 0.2) is 12.3 Å². The summed E-state index contributed by atoms with van der Waals surface area (Å²) in [6.07, 6.45) is 5.21. The van der Waals surface area contributed by atoms with Crippen molar-refractivity contribution >= 4 is 17.4 Å². The number of anilines is 1. The number of carbonyl (C=O) groups is 1. The second kappa shape index (κ2) is 6.26. The molecule has 1 saturated carbocycles. The van der Waals surface area contributed by atoms with Gasteiger partial charge in [0.2, 0.25) is 0 Å². The van der Waals surface area contributed by atoms with Crippen LogP contribution in [0.25, 0.3) is 5.65 Å². The third-order valence-electron chi connectivity index (χ3n) is 4.67. The van der Waals surface area contributed by atoms with E-state index in [0.717, 1.165) is 56.3 Å². The first-order chi connectivity index (χ1) is 11.8. The maximum atomic E-state index is 12.0. The summed E-state index contributed by atoms with van der Waals surface area (Å²) >= 11 is 0. The van der Waals surface area contributed by atoms with Crippen LogP contribution in [-0.2, 0) is 0 Å². The van der Waals surface area contributed by atoms with Gasteiger partial charge in [-0.3, -0.25) is 0 Å². The van der Waals surface area contributed by atoms with E-state index in [1.807, 2.05) is 21.7 Å². The van der Waals surface area contributed by atoms with Crippen LogP contribution in [0, 0.1) is 0 Å². The number of carbonyl (C=O) groups excluding carboxylic acids is 1. The summed E-state index contributed by atoms with van der Waals surface area (Å²) < 4.78 is 1.86. The Morgan fingerprint density at radius 1 is 1.25 bits per heavy atom. The van der Waals surface area contributed by atoms with Crippen LogP contribution in [0.5, 0.6) is 0 Å². The van der Waals surface area contributed by atoms with Crippen molar-refractivity contribution in [3.8, 4) is 0 Å².